The van der Waals surface area contributed by atoms with E-state index in [1.807, 2.05) is 24.3 Å². The van der Waals surface area contributed by atoms with Gasteiger partial charge >= 0.3 is 0 Å². The maximum absolute atomic E-state index is 11.9. The van der Waals surface area contributed by atoms with Gasteiger partial charge in [0.25, 0.3) is 0 Å². The third-order valence-corrected chi connectivity index (χ3v) is 3.64. The van der Waals surface area contributed by atoms with Crippen molar-refractivity contribution in [1.82, 2.24) is 5.32 Å². The summed E-state index contributed by atoms with van der Waals surface area (Å²) in [5.74, 6) is 0.652. The highest BCUT2D eigenvalue weighted by molar-refractivity contribution is 5.91. The van der Waals surface area contributed by atoms with E-state index in [9.17, 15) is 9.90 Å². The number of aliphatic hydroxyl groups excluding tert-OH is 1. The Balaban J connectivity index is 1.80. The maximum atomic E-state index is 11.9. The molecule has 1 atom stereocenters. The van der Waals surface area contributed by atoms with Gasteiger partial charge in [0, 0.05) is 17.7 Å². The lowest BCUT2D eigenvalue weighted by molar-refractivity contribution is -0.116. The van der Waals surface area contributed by atoms with E-state index < -0.39 is 0 Å². The van der Waals surface area contributed by atoms with Crippen LogP contribution in [0.3, 0.4) is 0 Å². The molecule has 0 aromatic heterocycles. The molecule has 1 unspecified atom stereocenters. The first-order valence-corrected chi connectivity index (χ1v) is 6.99. The lowest BCUT2D eigenvalue weighted by atomic mass is 9.94. The van der Waals surface area contributed by atoms with E-state index in [1.54, 1.807) is 0 Å². The zero-order valence-corrected chi connectivity index (χ0v) is 11.2. The summed E-state index contributed by atoms with van der Waals surface area (Å²) in [4.78, 5) is 11.9. The van der Waals surface area contributed by atoms with Gasteiger partial charge in [-0.2, -0.15) is 0 Å². The number of amides is 1. The first-order valence-electron chi connectivity index (χ1n) is 6.99. The van der Waals surface area contributed by atoms with Crippen LogP contribution in [0, 0.1) is 5.92 Å². The van der Waals surface area contributed by atoms with Crippen LogP contribution in [0.15, 0.2) is 24.3 Å². The van der Waals surface area contributed by atoms with Crippen LogP contribution in [0.2, 0.25) is 0 Å². The van der Waals surface area contributed by atoms with Gasteiger partial charge in [0.2, 0.25) is 5.91 Å². The SMILES string of the molecule is O=C(CCC1CCCNC1)Nc1ccccc1CO. The lowest BCUT2D eigenvalue weighted by Crippen LogP contribution is -2.30. The van der Waals surface area contributed by atoms with Crippen LogP contribution in [0.4, 0.5) is 5.69 Å². The molecular weight excluding hydrogens is 240 g/mol. The Morgan fingerprint density at radius 2 is 2.26 bits per heavy atom. The summed E-state index contributed by atoms with van der Waals surface area (Å²) in [5.41, 5.74) is 1.48. The normalized spacial score (nSPS) is 19.1. The van der Waals surface area contributed by atoms with E-state index in [0.29, 0.717) is 12.3 Å². The van der Waals surface area contributed by atoms with E-state index in [4.69, 9.17) is 0 Å². The van der Waals surface area contributed by atoms with Gasteiger partial charge in [-0.25, -0.2) is 0 Å². The highest BCUT2D eigenvalue weighted by atomic mass is 16.3. The Morgan fingerprint density at radius 1 is 1.42 bits per heavy atom. The number of anilines is 1. The number of hydrogen-bond acceptors (Lipinski definition) is 3. The van der Waals surface area contributed by atoms with E-state index >= 15 is 0 Å². The topological polar surface area (TPSA) is 61.4 Å². The van der Waals surface area contributed by atoms with Gasteiger partial charge in [-0.15, -0.1) is 0 Å². The molecule has 1 aliphatic heterocycles. The number of carbonyl (C=O) groups excluding carboxylic acids is 1. The number of rotatable bonds is 5. The van der Waals surface area contributed by atoms with Crippen molar-refractivity contribution in [2.75, 3.05) is 18.4 Å². The Hall–Kier alpha value is -1.39. The smallest absolute Gasteiger partial charge is 0.224 e. The number of aliphatic hydroxyl groups is 1. The number of para-hydroxylation sites is 1. The van der Waals surface area contributed by atoms with Crippen LogP contribution in [0.1, 0.15) is 31.2 Å². The van der Waals surface area contributed by atoms with Crippen molar-refractivity contribution in [2.24, 2.45) is 5.92 Å². The van der Waals surface area contributed by atoms with Crippen LogP contribution in [-0.2, 0) is 11.4 Å². The number of benzene rings is 1. The summed E-state index contributed by atoms with van der Waals surface area (Å²) in [7, 11) is 0. The van der Waals surface area contributed by atoms with Crippen molar-refractivity contribution in [1.29, 1.82) is 0 Å². The number of nitrogens with one attached hydrogen (secondary N) is 2. The highest BCUT2D eigenvalue weighted by Crippen LogP contribution is 2.18. The lowest BCUT2D eigenvalue weighted by Gasteiger charge is -2.22. The van der Waals surface area contributed by atoms with Crippen molar-refractivity contribution in [2.45, 2.75) is 32.3 Å². The van der Waals surface area contributed by atoms with Crippen molar-refractivity contribution >= 4 is 11.6 Å². The van der Waals surface area contributed by atoms with E-state index in [2.05, 4.69) is 10.6 Å². The fraction of sp³-hybridized carbons (Fsp3) is 0.533. The zero-order valence-electron chi connectivity index (χ0n) is 11.2. The minimum absolute atomic E-state index is 0.0338. The van der Waals surface area contributed by atoms with Crippen LogP contribution in [0.25, 0.3) is 0 Å². The highest BCUT2D eigenvalue weighted by Gasteiger charge is 2.14. The number of piperidine rings is 1. The maximum Gasteiger partial charge on any atom is 0.224 e. The second-order valence-corrected chi connectivity index (χ2v) is 5.11. The van der Waals surface area contributed by atoms with Crippen LogP contribution >= 0.6 is 0 Å². The van der Waals surface area contributed by atoms with Crippen molar-refractivity contribution in [3.63, 3.8) is 0 Å². The van der Waals surface area contributed by atoms with Gasteiger partial charge < -0.3 is 15.7 Å². The molecule has 19 heavy (non-hydrogen) atoms. The molecule has 1 heterocycles. The minimum atomic E-state index is -0.0526. The van der Waals surface area contributed by atoms with E-state index in [1.165, 1.54) is 12.8 Å². The van der Waals surface area contributed by atoms with Gasteiger partial charge in [-0.3, -0.25) is 4.79 Å². The van der Waals surface area contributed by atoms with Crippen LogP contribution in [0.5, 0.6) is 0 Å². The van der Waals surface area contributed by atoms with E-state index in [-0.39, 0.29) is 12.5 Å². The first-order chi connectivity index (χ1) is 9.29. The van der Waals surface area contributed by atoms with Crippen molar-refractivity contribution in [3.8, 4) is 0 Å². The molecule has 0 bridgehead atoms. The minimum Gasteiger partial charge on any atom is -0.392 e. The fourth-order valence-electron chi connectivity index (χ4n) is 2.50. The molecule has 0 spiro atoms. The summed E-state index contributed by atoms with van der Waals surface area (Å²) >= 11 is 0. The Kier molecular flexibility index (Phi) is 5.36. The van der Waals surface area contributed by atoms with Gasteiger partial charge in [0.1, 0.15) is 0 Å². The fourth-order valence-corrected chi connectivity index (χ4v) is 2.50. The second kappa shape index (κ2) is 7.26. The third-order valence-electron chi connectivity index (χ3n) is 3.64. The van der Waals surface area contributed by atoms with E-state index in [0.717, 1.165) is 30.8 Å². The van der Waals surface area contributed by atoms with Gasteiger partial charge in [0.15, 0.2) is 0 Å². The van der Waals surface area contributed by atoms with Crippen molar-refractivity contribution in [3.05, 3.63) is 29.8 Å². The molecule has 0 aliphatic carbocycles. The summed E-state index contributed by atoms with van der Waals surface area (Å²) in [6.07, 6.45) is 3.90. The van der Waals surface area contributed by atoms with Crippen molar-refractivity contribution < 1.29 is 9.90 Å². The molecule has 1 amide bonds. The average molecular weight is 262 g/mol. The summed E-state index contributed by atoms with van der Waals surface area (Å²) in [5, 5.41) is 15.4. The molecule has 4 nitrogen and oxygen atoms in total. The molecule has 104 valence electrons. The monoisotopic (exact) mass is 262 g/mol. The Bertz CT molecular complexity index is 414. The third kappa shape index (κ3) is 4.33. The molecule has 1 aromatic rings. The number of carbonyl (C=O) groups is 1. The quantitative estimate of drug-likeness (QED) is 0.759. The van der Waals surface area contributed by atoms with Gasteiger partial charge in [0.05, 0.1) is 6.61 Å². The Morgan fingerprint density at radius 3 is 3.00 bits per heavy atom. The molecule has 0 saturated carbocycles. The second-order valence-electron chi connectivity index (χ2n) is 5.11. The molecule has 1 saturated heterocycles. The largest absolute Gasteiger partial charge is 0.392 e. The molecule has 0 radical (unpaired) electrons. The molecule has 3 N–H and O–H groups in total. The van der Waals surface area contributed by atoms with Crippen LogP contribution in [-0.4, -0.2) is 24.1 Å². The molecule has 1 aliphatic rings. The predicted octanol–water partition coefficient (Wildman–Crippen LogP) is 1.90. The molecule has 1 fully saturated rings. The van der Waals surface area contributed by atoms with Crippen LogP contribution < -0.4 is 10.6 Å². The average Bonchev–Trinajstić information content (AvgIpc) is 2.47. The first kappa shape index (κ1) is 14.0. The molecule has 2 rings (SSSR count). The standard InChI is InChI=1S/C15H22N2O2/c18-11-13-5-1-2-6-14(13)17-15(19)8-7-12-4-3-9-16-10-12/h1-2,5-6,12,16,18H,3-4,7-11H2,(H,17,19). The van der Waals surface area contributed by atoms with Gasteiger partial charge in [-0.1, -0.05) is 18.2 Å². The molecular formula is C15H22N2O2. The molecule has 1 aromatic carbocycles. The summed E-state index contributed by atoms with van der Waals surface area (Å²) < 4.78 is 0. The van der Waals surface area contributed by atoms with Gasteiger partial charge in [-0.05, 0) is 44.3 Å². The zero-order chi connectivity index (χ0) is 13.5. The summed E-state index contributed by atoms with van der Waals surface area (Å²) in [6.45, 7) is 2.08. The Labute approximate surface area is 114 Å². The number of hydrogen-bond donors (Lipinski definition) is 3. The summed E-state index contributed by atoms with van der Waals surface area (Å²) in [6, 6.07) is 7.36. The molecule has 4 heteroatoms. The predicted molar refractivity (Wildman–Crippen MR) is 75.8 cm³/mol.